The lowest BCUT2D eigenvalue weighted by atomic mass is 10.0. The summed E-state index contributed by atoms with van der Waals surface area (Å²) in [6, 6.07) is 13.4. The molecule has 0 aliphatic heterocycles. The summed E-state index contributed by atoms with van der Waals surface area (Å²) in [5, 5.41) is 6.82. The van der Waals surface area contributed by atoms with Gasteiger partial charge >= 0.3 is 0 Å². The summed E-state index contributed by atoms with van der Waals surface area (Å²) < 4.78 is 2.32. The Labute approximate surface area is 174 Å². The molecule has 0 bridgehead atoms. The first-order valence-electron chi connectivity index (χ1n) is 9.02. The van der Waals surface area contributed by atoms with Crippen LogP contribution in [0.2, 0.25) is 0 Å². The molecular weight excluding hydrogens is 420 g/mol. The zero-order valence-electron chi connectivity index (χ0n) is 15.1. The van der Waals surface area contributed by atoms with Crippen LogP contribution >= 0.6 is 22.7 Å². The summed E-state index contributed by atoms with van der Waals surface area (Å²) in [4.78, 5) is 52.1. The lowest BCUT2D eigenvalue weighted by Crippen LogP contribution is -2.22. The van der Waals surface area contributed by atoms with E-state index in [2.05, 4.69) is 0 Å². The van der Waals surface area contributed by atoms with Crippen LogP contribution in [-0.2, 0) is 0 Å². The van der Waals surface area contributed by atoms with Crippen molar-refractivity contribution in [1.29, 1.82) is 0 Å². The van der Waals surface area contributed by atoms with Gasteiger partial charge in [0.1, 0.15) is 10.0 Å². The second-order valence-electron chi connectivity index (χ2n) is 6.87. The van der Waals surface area contributed by atoms with Gasteiger partial charge in [0.2, 0.25) is 0 Å². The van der Waals surface area contributed by atoms with Crippen molar-refractivity contribution in [1.82, 2.24) is 9.13 Å². The van der Waals surface area contributed by atoms with Gasteiger partial charge in [-0.15, -0.1) is 22.7 Å². The molecule has 0 saturated heterocycles. The summed E-state index contributed by atoms with van der Waals surface area (Å²) >= 11 is 2.61. The van der Waals surface area contributed by atoms with Crippen LogP contribution < -0.4 is 22.2 Å². The molecule has 6 aromatic rings. The van der Waals surface area contributed by atoms with Crippen molar-refractivity contribution in [2.24, 2.45) is 0 Å². The molecule has 4 heterocycles. The molecule has 0 amide bonds. The third kappa shape index (κ3) is 2.06. The standard InChI is InChI=1S/C22H10N2O4S2/c25-19-13-7-5-12-11(17(13)21(27)23(19)15-3-1-9-29-15)6-8-14-18(12)22(28)24(20(14)26)16-4-2-10-30-16/h1-10H. The first kappa shape index (κ1) is 17.3. The van der Waals surface area contributed by atoms with Crippen molar-refractivity contribution >= 4 is 55.0 Å². The molecule has 30 heavy (non-hydrogen) atoms. The molecule has 0 spiro atoms. The lowest BCUT2D eigenvalue weighted by molar-refractivity contribution is 1.02. The Morgan fingerprint density at radius 1 is 0.500 bits per heavy atom. The van der Waals surface area contributed by atoms with Crippen LogP contribution in [0.4, 0.5) is 0 Å². The molecule has 0 unspecified atom stereocenters. The number of benzene rings is 2. The van der Waals surface area contributed by atoms with E-state index >= 15 is 0 Å². The molecular formula is C22H10N2O4S2. The van der Waals surface area contributed by atoms with Gasteiger partial charge in [0.25, 0.3) is 22.2 Å². The Balaban J connectivity index is 1.80. The summed E-state index contributed by atoms with van der Waals surface area (Å²) in [6.07, 6.45) is 0. The number of aromatic nitrogens is 2. The molecule has 0 aliphatic rings. The zero-order valence-corrected chi connectivity index (χ0v) is 16.8. The summed E-state index contributed by atoms with van der Waals surface area (Å²) in [5.74, 6) is 0. The Kier molecular flexibility index (Phi) is 3.42. The Morgan fingerprint density at radius 3 is 1.27 bits per heavy atom. The molecule has 0 atom stereocenters. The van der Waals surface area contributed by atoms with Gasteiger partial charge < -0.3 is 0 Å². The second-order valence-corrected chi connectivity index (χ2v) is 8.72. The van der Waals surface area contributed by atoms with Crippen molar-refractivity contribution in [3.05, 3.63) is 101 Å². The van der Waals surface area contributed by atoms with E-state index in [4.69, 9.17) is 0 Å². The van der Waals surface area contributed by atoms with Gasteiger partial charge in [-0.05, 0) is 57.9 Å². The van der Waals surface area contributed by atoms with E-state index in [0.29, 0.717) is 31.5 Å². The molecule has 0 aliphatic carbocycles. The van der Waals surface area contributed by atoms with E-state index in [-0.39, 0.29) is 21.9 Å². The summed E-state index contributed by atoms with van der Waals surface area (Å²) in [7, 11) is 0. The van der Waals surface area contributed by atoms with Gasteiger partial charge in [-0.25, -0.2) is 9.13 Å². The molecule has 0 saturated carbocycles. The second kappa shape index (κ2) is 5.94. The van der Waals surface area contributed by atoms with E-state index in [9.17, 15) is 19.2 Å². The van der Waals surface area contributed by atoms with Crippen LogP contribution in [0.15, 0.2) is 78.5 Å². The van der Waals surface area contributed by atoms with Crippen molar-refractivity contribution in [2.45, 2.75) is 0 Å². The third-order valence-electron chi connectivity index (χ3n) is 5.35. The maximum Gasteiger partial charge on any atom is 0.267 e. The zero-order chi connectivity index (χ0) is 20.6. The van der Waals surface area contributed by atoms with Gasteiger partial charge in [0.15, 0.2) is 0 Å². The van der Waals surface area contributed by atoms with Gasteiger partial charge in [-0.3, -0.25) is 19.2 Å². The average Bonchev–Trinajstić information content (AvgIpc) is 3.52. The number of thiophene rings is 2. The maximum atomic E-state index is 13.2. The molecule has 8 heteroatoms. The predicted octanol–water partition coefficient (Wildman–Crippen LogP) is 3.17. The van der Waals surface area contributed by atoms with Crippen LogP contribution in [0.25, 0.3) is 42.3 Å². The topological polar surface area (TPSA) is 78.1 Å². The van der Waals surface area contributed by atoms with E-state index in [1.807, 2.05) is 0 Å². The minimum Gasteiger partial charge on any atom is -0.268 e. The Bertz CT molecular complexity index is 1680. The van der Waals surface area contributed by atoms with Crippen molar-refractivity contribution in [2.75, 3.05) is 0 Å². The molecule has 6 rings (SSSR count). The number of nitrogens with zero attached hydrogens (tertiary/aromatic N) is 2. The Hall–Kier alpha value is -3.62. The fourth-order valence-electron chi connectivity index (χ4n) is 4.07. The van der Waals surface area contributed by atoms with E-state index in [0.717, 1.165) is 9.13 Å². The van der Waals surface area contributed by atoms with E-state index < -0.39 is 11.1 Å². The molecule has 144 valence electrons. The van der Waals surface area contributed by atoms with Gasteiger partial charge in [0, 0.05) is 0 Å². The highest BCUT2D eigenvalue weighted by Gasteiger charge is 2.21. The van der Waals surface area contributed by atoms with Gasteiger partial charge in [-0.1, -0.05) is 12.1 Å². The third-order valence-corrected chi connectivity index (χ3v) is 7.06. The van der Waals surface area contributed by atoms with Crippen LogP contribution in [0.3, 0.4) is 0 Å². The number of hydrogen-bond acceptors (Lipinski definition) is 6. The fraction of sp³-hybridized carbons (Fsp3) is 0. The minimum atomic E-state index is -0.421. The first-order chi connectivity index (χ1) is 14.6. The van der Waals surface area contributed by atoms with E-state index in [1.165, 1.54) is 22.7 Å². The van der Waals surface area contributed by atoms with Crippen molar-refractivity contribution < 1.29 is 0 Å². The SMILES string of the molecule is O=c1c2ccc3c(ccc4c(=O)n(-c5cccs5)c(=O)c43)c2c(=O)n1-c1cccs1. The fourth-order valence-corrected chi connectivity index (χ4v) is 5.52. The largest absolute Gasteiger partial charge is 0.268 e. The maximum absolute atomic E-state index is 13.2. The van der Waals surface area contributed by atoms with Gasteiger partial charge in [-0.2, -0.15) is 0 Å². The highest BCUT2D eigenvalue weighted by Crippen LogP contribution is 2.28. The number of fused-ring (bicyclic) bond motifs is 5. The summed E-state index contributed by atoms with van der Waals surface area (Å²) in [6.45, 7) is 0. The van der Waals surface area contributed by atoms with Crippen LogP contribution in [0.1, 0.15) is 0 Å². The highest BCUT2D eigenvalue weighted by molar-refractivity contribution is 7.12. The highest BCUT2D eigenvalue weighted by atomic mass is 32.1. The van der Waals surface area contributed by atoms with Crippen LogP contribution in [0.5, 0.6) is 0 Å². The first-order valence-corrected chi connectivity index (χ1v) is 10.8. The minimum absolute atomic E-state index is 0.267. The summed E-state index contributed by atoms with van der Waals surface area (Å²) in [5.41, 5.74) is -1.62. The smallest absolute Gasteiger partial charge is 0.267 e. The normalized spacial score (nSPS) is 11.9. The molecule has 4 aromatic heterocycles. The van der Waals surface area contributed by atoms with E-state index in [1.54, 1.807) is 59.3 Å². The molecule has 0 fully saturated rings. The quantitative estimate of drug-likeness (QED) is 0.423. The van der Waals surface area contributed by atoms with Gasteiger partial charge in [0.05, 0.1) is 21.5 Å². The molecule has 0 radical (unpaired) electrons. The van der Waals surface area contributed by atoms with Crippen molar-refractivity contribution in [3.8, 4) is 10.0 Å². The van der Waals surface area contributed by atoms with Crippen LogP contribution in [-0.4, -0.2) is 9.13 Å². The van der Waals surface area contributed by atoms with Crippen LogP contribution in [0, 0.1) is 0 Å². The Morgan fingerprint density at radius 2 is 0.900 bits per heavy atom. The number of hydrogen-bond donors (Lipinski definition) is 0. The monoisotopic (exact) mass is 430 g/mol. The predicted molar refractivity (Wildman–Crippen MR) is 121 cm³/mol. The molecule has 0 N–H and O–H groups in total. The van der Waals surface area contributed by atoms with Crippen molar-refractivity contribution in [3.63, 3.8) is 0 Å². The molecule has 6 nitrogen and oxygen atoms in total. The molecule has 2 aromatic carbocycles. The number of rotatable bonds is 2. The lowest BCUT2D eigenvalue weighted by Gasteiger charge is -1.99. The average molecular weight is 430 g/mol.